The molecule has 302 valence electrons. The Kier molecular flexibility index (Phi) is 11.8. The van der Waals surface area contributed by atoms with E-state index in [0.717, 1.165) is 98.5 Å². The van der Waals surface area contributed by atoms with E-state index in [1.807, 2.05) is 6.07 Å². The summed E-state index contributed by atoms with van der Waals surface area (Å²) >= 11 is 9.76. The molecule has 0 radical (unpaired) electrons. The van der Waals surface area contributed by atoms with Crippen LogP contribution in [0, 0.1) is 11.3 Å². The lowest BCUT2D eigenvalue weighted by Gasteiger charge is -2.43. The number of halogens is 2. The van der Waals surface area contributed by atoms with Crippen molar-refractivity contribution in [2.75, 3.05) is 44.2 Å². The standard InChI is InChI=1S/C41H43BrClN9O6/c42-32-21-31-30(40(56)52(41(31)57)35-8-10-37(53)46-39(35)55)19-25(32)23-49-15-17-50(18-16-49)27-11-13-51(14-12-27)36-9-7-34(47-48-36)38(54)45-26-2-5-28(6-3-26)58-29-4-1-24(22-44)33(43)20-29/h1,4,7,9,19-21,26-28,35H,2-3,5-6,8,10-18,23H2,(H,45,54)(H,46,53,55). The Bertz CT molecular complexity index is 2160. The van der Waals surface area contributed by atoms with E-state index < -0.39 is 29.7 Å². The Labute approximate surface area is 349 Å². The zero-order valence-corrected chi connectivity index (χ0v) is 34.1. The minimum absolute atomic E-state index is 0.0156. The summed E-state index contributed by atoms with van der Waals surface area (Å²) in [4.78, 5) is 71.8. The van der Waals surface area contributed by atoms with Gasteiger partial charge in [-0.2, -0.15) is 5.26 Å². The molecule has 1 aromatic heterocycles. The maximum Gasteiger partial charge on any atom is 0.272 e. The lowest BCUT2D eigenvalue weighted by molar-refractivity contribution is -0.136. The number of imide groups is 2. The van der Waals surface area contributed by atoms with Crippen molar-refractivity contribution in [1.29, 1.82) is 5.26 Å². The van der Waals surface area contributed by atoms with E-state index in [1.54, 1.807) is 36.4 Å². The molecule has 4 fully saturated rings. The van der Waals surface area contributed by atoms with E-state index in [1.165, 1.54) is 0 Å². The van der Waals surface area contributed by atoms with Gasteiger partial charge in [-0.05, 0) is 86.9 Å². The third-order valence-electron chi connectivity index (χ3n) is 12.0. The van der Waals surface area contributed by atoms with Crippen LogP contribution in [-0.4, -0.2) is 118 Å². The van der Waals surface area contributed by atoms with Crippen LogP contribution in [0.1, 0.15) is 93.7 Å². The van der Waals surface area contributed by atoms with Crippen LogP contribution in [0.15, 0.2) is 46.9 Å². The zero-order valence-electron chi connectivity index (χ0n) is 31.8. The third-order valence-corrected chi connectivity index (χ3v) is 13.0. The van der Waals surface area contributed by atoms with Crippen molar-refractivity contribution < 1.29 is 28.7 Å². The molecule has 58 heavy (non-hydrogen) atoms. The number of fused-ring (bicyclic) bond motifs is 1. The summed E-state index contributed by atoms with van der Waals surface area (Å²) in [6, 6.07) is 13.7. The molecule has 5 aliphatic rings. The summed E-state index contributed by atoms with van der Waals surface area (Å²) < 4.78 is 6.82. The zero-order chi connectivity index (χ0) is 40.5. The molecule has 17 heteroatoms. The normalized spacial score (nSPS) is 23.4. The molecule has 5 amide bonds. The van der Waals surface area contributed by atoms with Crippen molar-refractivity contribution >= 4 is 62.9 Å². The van der Waals surface area contributed by atoms with Gasteiger partial charge < -0.3 is 15.0 Å². The number of carbonyl (C=O) groups is 5. The van der Waals surface area contributed by atoms with Crippen LogP contribution in [0.3, 0.4) is 0 Å². The van der Waals surface area contributed by atoms with Gasteiger partial charge in [0.15, 0.2) is 11.5 Å². The van der Waals surface area contributed by atoms with Gasteiger partial charge in [-0.25, -0.2) is 0 Å². The molecule has 4 aliphatic heterocycles. The number of hydrogen-bond acceptors (Lipinski definition) is 12. The maximum absolute atomic E-state index is 13.4. The molecular formula is C41H43BrClN9O6. The fourth-order valence-electron chi connectivity index (χ4n) is 8.70. The van der Waals surface area contributed by atoms with Gasteiger partial charge >= 0.3 is 0 Å². The first-order valence-electron chi connectivity index (χ1n) is 19.8. The Morgan fingerprint density at radius 1 is 0.897 bits per heavy atom. The maximum atomic E-state index is 13.4. The first kappa shape index (κ1) is 39.9. The fourth-order valence-corrected chi connectivity index (χ4v) is 9.38. The highest BCUT2D eigenvalue weighted by Gasteiger charge is 2.45. The van der Waals surface area contributed by atoms with Crippen LogP contribution in [0.2, 0.25) is 5.02 Å². The van der Waals surface area contributed by atoms with Crippen LogP contribution in [0.4, 0.5) is 5.82 Å². The summed E-state index contributed by atoms with van der Waals surface area (Å²) in [6.45, 7) is 5.84. The highest BCUT2D eigenvalue weighted by Crippen LogP contribution is 2.33. The summed E-state index contributed by atoms with van der Waals surface area (Å²) in [5, 5.41) is 23.5. The molecular weight excluding hydrogens is 830 g/mol. The van der Waals surface area contributed by atoms with Gasteiger partial charge in [-0.15, -0.1) is 10.2 Å². The number of carbonyl (C=O) groups excluding carboxylic acids is 5. The van der Waals surface area contributed by atoms with Crippen molar-refractivity contribution in [2.24, 2.45) is 0 Å². The van der Waals surface area contributed by atoms with E-state index in [2.05, 4.69) is 57.5 Å². The second-order valence-corrected chi connectivity index (χ2v) is 16.8. The van der Waals surface area contributed by atoms with Gasteiger partial charge in [-0.3, -0.25) is 44.0 Å². The van der Waals surface area contributed by atoms with Crippen LogP contribution in [-0.2, 0) is 16.1 Å². The number of benzene rings is 2. The van der Waals surface area contributed by atoms with Gasteiger partial charge in [0.1, 0.15) is 17.9 Å². The molecule has 0 spiro atoms. The molecule has 1 aliphatic carbocycles. The lowest BCUT2D eigenvalue weighted by atomic mass is 9.93. The number of nitriles is 1. The minimum Gasteiger partial charge on any atom is -0.490 e. The Hall–Kier alpha value is -4.95. The summed E-state index contributed by atoms with van der Waals surface area (Å²) in [5.74, 6) is -0.870. The molecule has 1 saturated carbocycles. The second-order valence-electron chi connectivity index (χ2n) is 15.6. The minimum atomic E-state index is -0.993. The predicted octanol–water partition coefficient (Wildman–Crippen LogP) is 4.07. The van der Waals surface area contributed by atoms with Gasteiger partial charge in [0.2, 0.25) is 11.8 Å². The molecule has 1 atom stereocenters. The molecule has 3 aromatic rings. The number of piperidine rings is 2. The number of piperazine rings is 1. The van der Waals surface area contributed by atoms with Crippen molar-refractivity contribution in [3.8, 4) is 11.8 Å². The SMILES string of the molecule is N#Cc1ccc(OC2CCC(NC(=O)c3ccc(N4CCC(N5CCN(Cc6cc7c(cc6Br)C(=O)N(C6CCC(=O)NC6=O)C7=O)CC5)CC4)nn3)CC2)cc1Cl. The van der Waals surface area contributed by atoms with E-state index in [4.69, 9.17) is 21.6 Å². The average molecular weight is 873 g/mol. The first-order valence-corrected chi connectivity index (χ1v) is 21.0. The number of nitrogens with zero attached hydrogens (tertiary/aromatic N) is 7. The van der Waals surface area contributed by atoms with Gasteiger partial charge in [0.05, 0.1) is 27.8 Å². The summed E-state index contributed by atoms with van der Waals surface area (Å²) in [6.07, 6.45) is 5.33. The van der Waals surface area contributed by atoms with E-state index in [-0.39, 0.29) is 42.0 Å². The van der Waals surface area contributed by atoms with Crippen molar-refractivity contribution in [3.63, 3.8) is 0 Å². The Morgan fingerprint density at radius 3 is 2.28 bits per heavy atom. The van der Waals surface area contributed by atoms with Crippen molar-refractivity contribution in [1.82, 2.24) is 35.5 Å². The molecule has 3 saturated heterocycles. The van der Waals surface area contributed by atoms with Crippen LogP contribution >= 0.6 is 27.5 Å². The van der Waals surface area contributed by atoms with Crippen LogP contribution in [0.25, 0.3) is 0 Å². The second kappa shape index (κ2) is 17.1. The molecule has 8 rings (SSSR count). The smallest absolute Gasteiger partial charge is 0.272 e. The monoisotopic (exact) mass is 871 g/mol. The number of hydrogen-bond donors (Lipinski definition) is 2. The highest BCUT2D eigenvalue weighted by molar-refractivity contribution is 9.10. The molecule has 5 heterocycles. The van der Waals surface area contributed by atoms with Crippen molar-refractivity contribution in [3.05, 3.63) is 79.9 Å². The van der Waals surface area contributed by atoms with Crippen LogP contribution < -0.4 is 20.3 Å². The number of aromatic nitrogens is 2. The quantitative estimate of drug-likeness (QED) is 0.295. The Morgan fingerprint density at radius 2 is 1.62 bits per heavy atom. The van der Waals surface area contributed by atoms with Gasteiger partial charge in [-0.1, -0.05) is 27.5 Å². The molecule has 1 unspecified atom stereocenters. The van der Waals surface area contributed by atoms with Gasteiger partial charge in [0.25, 0.3) is 17.7 Å². The predicted molar refractivity (Wildman–Crippen MR) is 215 cm³/mol. The number of rotatable bonds is 9. The van der Waals surface area contributed by atoms with Crippen LogP contribution in [0.5, 0.6) is 5.75 Å². The third kappa shape index (κ3) is 8.45. The largest absolute Gasteiger partial charge is 0.490 e. The first-order chi connectivity index (χ1) is 28.0. The summed E-state index contributed by atoms with van der Waals surface area (Å²) in [7, 11) is 0. The van der Waals surface area contributed by atoms with Gasteiger partial charge in [0, 0.05) is 74.9 Å². The van der Waals surface area contributed by atoms with E-state index in [9.17, 15) is 24.0 Å². The number of nitrogens with one attached hydrogen (secondary N) is 2. The molecule has 2 N–H and O–H groups in total. The molecule has 0 bridgehead atoms. The molecule has 15 nitrogen and oxygen atoms in total. The van der Waals surface area contributed by atoms with E-state index >= 15 is 0 Å². The number of ether oxygens (including phenoxy) is 1. The topological polar surface area (TPSA) is 181 Å². The van der Waals surface area contributed by atoms with E-state index in [0.29, 0.717) is 34.6 Å². The van der Waals surface area contributed by atoms with Crippen molar-refractivity contribution in [2.45, 2.75) is 82.1 Å². The summed E-state index contributed by atoms with van der Waals surface area (Å²) in [5.41, 5.74) is 2.16. The Balaban J connectivity index is 0.765. The number of anilines is 1. The molecule has 2 aromatic carbocycles. The highest BCUT2D eigenvalue weighted by atomic mass is 79.9. The lowest BCUT2D eigenvalue weighted by Crippen LogP contribution is -2.54. The fraction of sp³-hybridized carbons (Fsp3) is 0.463. The average Bonchev–Trinajstić information content (AvgIpc) is 3.46. The number of amides is 5.